The number of carbonyl (C=O) groups excluding carboxylic acids is 1. The molecule has 0 bridgehead atoms. The van der Waals surface area contributed by atoms with E-state index in [4.69, 9.17) is 11.5 Å². The molecule has 1 aromatic heterocycles. The van der Waals surface area contributed by atoms with E-state index >= 15 is 0 Å². The van der Waals surface area contributed by atoms with E-state index in [-0.39, 0.29) is 34.2 Å². The average molecular weight is 458 g/mol. The summed E-state index contributed by atoms with van der Waals surface area (Å²) >= 11 is 0. The van der Waals surface area contributed by atoms with E-state index in [1.165, 1.54) is 30.6 Å². The Bertz CT molecular complexity index is 1230. The molecule has 0 fully saturated rings. The minimum atomic E-state index is -4.12. The van der Waals surface area contributed by atoms with Crippen molar-refractivity contribution in [3.63, 3.8) is 0 Å². The Morgan fingerprint density at radius 2 is 1.81 bits per heavy atom. The molecule has 0 unspecified atom stereocenters. The molecule has 0 aliphatic carbocycles. The highest BCUT2D eigenvalue weighted by Gasteiger charge is 2.27. The number of sulfonamides is 1. The van der Waals surface area contributed by atoms with Gasteiger partial charge in [-0.3, -0.25) is 9.78 Å². The number of nitrogens with one attached hydrogen (secondary N) is 1. The van der Waals surface area contributed by atoms with Crippen molar-refractivity contribution in [1.29, 1.82) is 0 Å². The van der Waals surface area contributed by atoms with Gasteiger partial charge >= 0.3 is 0 Å². The lowest BCUT2D eigenvalue weighted by molar-refractivity contribution is -0.119. The van der Waals surface area contributed by atoms with Crippen molar-refractivity contribution < 1.29 is 17.6 Å². The van der Waals surface area contributed by atoms with Gasteiger partial charge in [0.05, 0.1) is 23.0 Å². The molecule has 0 saturated heterocycles. The number of halogens is 1. The van der Waals surface area contributed by atoms with E-state index in [1.54, 1.807) is 24.3 Å². The largest absolute Gasteiger partial charge is 0.382 e. The van der Waals surface area contributed by atoms with Gasteiger partial charge in [0.1, 0.15) is 17.7 Å². The zero-order valence-electron chi connectivity index (χ0n) is 17.6. The van der Waals surface area contributed by atoms with Crippen molar-refractivity contribution in [3.8, 4) is 22.4 Å². The van der Waals surface area contributed by atoms with E-state index in [2.05, 4.69) is 14.7 Å². The van der Waals surface area contributed by atoms with Crippen molar-refractivity contribution in [2.24, 2.45) is 11.7 Å². The van der Waals surface area contributed by atoms with Crippen molar-refractivity contribution in [1.82, 2.24) is 14.7 Å². The smallest absolute Gasteiger partial charge is 0.241 e. The zero-order valence-corrected chi connectivity index (χ0v) is 18.4. The van der Waals surface area contributed by atoms with Crippen molar-refractivity contribution in [2.45, 2.75) is 31.2 Å². The fraction of sp³-hybridized carbons (Fsp3) is 0.227. The first-order chi connectivity index (χ1) is 15.1. The van der Waals surface area contributed by atoms with Crippen LogP contribution in [0.25, 0.3) is 22.4 Å². The molecule has 32 heavy (non-hydrogen) atoms. The molecule has 1 amide bonds. The predicted octanol–water partition coefficient (Wildman–Crippen LogP) is 2.71. The molecular formula is C22H24FN5O3S. The molecule has 3 aromatic rings. The van der Waals surface area contributed by atoms with Crippen molar-refractivity contribution in [3.05, 3.63) is 60.7 Å². The van der Waals surface area contributed by atoms with Crippen LogP contribution in [0.3, 0.4) is 0 Å². The number of nitrogens with two attached hydrogens (primary N) is 2. The van der Waals surface area contributed by atoms with Gasteiger partial charge in [-0.1, -0.05) is 38.1 Å². The summed E-state index contributed by atoms with van der Waals surface area (Å²) in [6, 6.07) is 9.39. The first-order valence-corrected chi connectivity index (χ1v) is 11.4. The third-order valence-corrected chi connectivity index (χ3v) is 6.28. The van der Waals surface area contributed by atoms with Gasteiger partial charge in [0.2, 0.25) is 15.9 Å². The maximum absolute atomic E-state index is 14.9. The molecule has 1 atom stereocenters. The Morgan fingerprint density at radius 1 is 1.09 bits per heavy atom. The molecule has 3 rings (SSSR count). The standard InChI is InChI=1S/C22H24FN5O3S/c1-13(2)9-18(22(25)29)28-32(30,31)20-6-4-3-5-15(20)14-7-8-16(17(23)10-14)19-11-27-21(24)12-26-19/h3-8,10-13,18,28H,9H2,1-2H3,(H2,24,27)(H2,25,29)/t18-/m0/s1. The van der Waals surface area contributed by atoms with Crippen molar-refractivity contribution >= 4 is 21.7 Å². The van der Waals surface area contributed by atoms with Gasteiger partial charge in [-0.15, -0.1) is 0 Å². The van der Waals surface area contributed by atoms with Crippen LogP contribution in [0.4, 0.5) is 10.2 Å². The number of aromatic nitrogens is 2. The number of carbonyl (C=O) groups is 1. The van der Waals surface area contributed by atoms with Crippen LogP contribution in [0.5, 0.6) is 0 Å². The Kier molecular flexibility index (Phi) is 6.85. The number of nitrogens with zero attached hydrogens (tertiary/aromatic N) is 2. The summed E-state index contributed by atoms with van der Waals surface area (Å²) in [5, 5.41) is 0. The Hall–Kier alpha value is -3.37. The Labute approximate surface area is 185 Å². The molecule has 1 heterocycles. The molecule has 8 nitrogen and oxygen atoms in total. The first kappa shape index (κ1) is 23.3. The number of amides is 1. The molecule has 0 radical (unpaired) electrons. The summed E-state index contributed by atoms with van der Waals surface area (Å²) in [5.41, 5.74) is 12.0. The molecule has 10 heteroatoms. The van der Waals surface area contributed by atoms with Crippen LogP contribution in [-0.2, 0) is 14.8 Å². The summed E-state index contributed by atoms with van der Waals surface area (Å²) in [5.74, 6) is -1.11. The van der Waals surface area contributed by atoms with Gasteiger partial charge in [0, 0.05) is 11.1 Å². The second-order valence-electron chi connectivity index (χ2n) is 7.72. The van der Waals surface area contributed by atoms with Gasteiger partial charge in [-0.05, 0) is 36.1 Å². The summed E-state index contributed by atoms with van der Waals surface area (Å²) in [7, 11) is -4.12. The normalized spacial score (nSPS) is 12.6. The van der Waals surface area contributed by atoms with Crippen LogP contribution in [0, 0.1) is 11.7 Å². The van der Waals surface area contributed by atoms with Gasteiger partial charge in [0.15, 0.2) is 0 Å². The summed E-state index contributed by atoms with van der Waals surface area (Å²) < 4.78 is 43.4. The molecule has 5 N–H and O–H groups in total. The summed E-state index contributed by atoms with van der Waals surface area (Å²) in [6.07, 6.45) is 2.93. The lowest BCUT2D eigenvalue weighted by atomic mass is 10.0. The minimum Gasteiger partial charge on any atom is -0.382 e. The van der Waals surface area contributed by atoms with Crippen LogP contribution >= 0.6 is 0 Å². The predicted molar refractivity (Wildman–Crippen MR) is 120 cm³/mol. The Balaban J connectivity index is 2.00. The SMILES string of the molecule is CC(C)C[C@H](NS(=O)(=O)c1ccccc1-c1ccc(-c2cnc(N)cn2)c(F)c1)C(N)=O. The van der Waals surface area contributed by atoms with Crippen LogP contribution in [0.15, 0.2) is 59.8 Å². The van der Waals surface area contributed by atoms with Crippen LogP contribution in [0.2, 0.25) is 0 Å². The van der Waals surface area contributed by atoms with Gasteiger partial charge in [-0.2, -0.15) is 4.72 Å². The maximum atomic E-state index is 14.9. The molecule has 2 aromatic carbocycles. The lowest BCUT2D eigenvalue weighted by Crippen LogP contribution is -2.45. The van der Waals surface area contributed by atoms with E-state index in [0.717, 1.165) is 0 Å². The third kappa shape index (κ3) is 5.27. The van der Waals surface area contributed by atoms with E-state index in [0.29, 0.717) is 11.3 Å². The van der Waals surface area contributed by atoms with Gasteiger partial charge in [0.25, 0.3) is 0 Å². The second-order valence-corrected chi connectivity index (χ2v) is 9.41. The number of rotatable bonds is 8. The zero-order chi connectivity index (χ0) is 23.5. The highest BCUT2D eigenvalue weighted by molar-refractivity contribution is 7.89. The molecule has 0 aliphatic rings. The third-order valence-electron chi connectivity index (χ3n) is 4.75. The maximum Gasteiger partial charge on any atom is 0.241 e. The molecule has 0 aliphatic heterocycles. The second kappa shape index (κ2) is 9.41. The monoisotopic (exact) mass is 457 g/mol. The molecular weight excluding hydrogens is 433 g/mol. The van der Waals surface area contributed by atoms with Crippen LogP contribution in [-0.4, -0.2) is 30.3 Å². The van der Waals surface area contributed by atoms with Gasteiger partial charge in [-0.25, -0.2) is 17.8 Å². The highest BCUT2D eigenvalue weighted by Crippen LogP contribution is 2.31. The van der Waals surface area contributed by atoms with E-state index in [9.17, 15) is 17.6 Å². The minimum absolute atomic E-state index is 0.0449. The lowest BCUT2D eigenvalue weighted by Gasteiger charge is -2.19. The summed E-state index contributed by atoms with van der Waals surface area (Å²) in [6.45, 7) is 3.71. The average Bonchev–Trinajstić information content (AvgIpc) is 2.73. The quantitative estimate of drug-likeness (QED) is 0.475. The molecule has 0 spiro atoms. The summed E-state index contributed by atoms with van der Waals surface area (Å²) in [4.78, 5) is 19.6. The highest BCUT2D eigenvalue weighted by atomic mass is 32.2. The number of anilines is 1. The molecule has 168 valence electrons. The number of nitrogen functional groups attached to an aromatic ring is 1. The van der Waals surface area contributed by atoms with Crippen LogP contribution < -0.4 is 16.2 Å². The van der Waals surface area contributed by atoms with Gasteiger partial charge < -0.3 is 11.5 Å². The van der Waals surface area contributed by atoms with E-state index < -0.39 is 27.8 Å². The fourth-order valence-corrected chi connectivity index (χ4v) is 4.70. The number of primary amides is 1. The van der Waals surface area contributed by atoms with Crippen molar-refractivity contribution in [2.75, 3.05) is 5.73 Å². The number of hydrogen-bond donors (Lipinski definition) is 3. The molecule has 0 saturated carbocycles. The topological polar surface area (TPSA) is 141 Å². The van der Waals surface area contributed by atoms with E-state index in [1.807, 2.05) is 13.8 Å². The number of hydrogen-bond acceptors (Lipinski definition) is 6. The first-order valence-electron chi connectivity index (χ1n) is 9.87. The number of benzene rings is 2. The van der Waals surface area contributed by atoms with Crippen LogP contribution in [0.1, 0.15) is 20.3 Å². The Morgan fingerprint density at radius 3 is 2.41 bits per heavy atom. The fourth-order valence-electron chi connectivity index (χ4n) is 3.25.